The minimum Gasteiger partial charge on any atom is -0.507 e. The van der Waals surface area contributed by atoms with Crippen LogP contribution in [0, 0.1) is 0 Å². The Hall–Kier alpha value is -3.54. The summed E-state index contributed by atoms with van der Waals surface area (Å²) < 4.78 is 10.6. The largest absolute Gasteiger partial charge is 0.507 e. The molecule has 1 unspecified atom stereocenters. The van der Waals surface area contributed by atoms with E-state index in [1.165, 1.54) is 11.3 Å². The zero-order chi connectivity index (χ0) is 18.8. The van der Waals surface area contributed by atoms with Crippen LogP contribution < -0.4 is 4.74 Å². The molecular formula is C21H18N2O4. The lowest BCUT2D eigenvalue weighted by Gasteiger charge is -2.21. The quantitative estimate of drug-likeness (QED) is 0.762. The Bertz CT molecular complexity index is 995. The van der Waals surface area contributed by atoms with Gasteiger partial charge in [0.25, 0.3) is 0 Å². The SMILES string of the molecule is COc1cccc(C2CC(c3ccccc3O)=NN2C(=O)c2ccco2)c1. The number of hydrogen-bond donors (Lipinski definition) is 1. The summed E-state index contributed by atoms with van der Waals surface area (Å²) in [5.74, 6) is 0.713. The first kappa shape index (κ1) is 16.9. The van der Waals surface area contributed by atoms with Crippen molar-refractivity contribution in [1.29, 1.82) is 0 Å². The first-order valence-corrected chi connectivity index (χ1v) is 8.54. The summed E-state index contributed by atoms with van der Waals surface area (Å²) in [4.78, 5) is 12.9. The van der Waals surface area contributed by atoms with E-state index in [0.717, 1.165) is 5.56 Å². The number of nitrogens with zero attached hydrogens (tertiary/aromatic N) is 2. The maximum absolute atomic E-state index is 12.9. The molecule has 6 heteroatoms. The van der Waals surface area contributed by atoms with Gasteiger partial charge in [0.15, 0.2) is 5.76 Å². The number of phenolic OH excluding ortho intramolecular Hbond substituents is 1. The predicted molar refractivity (Wildman–Crippen MR) is 99.9 cm³/mol. The Labute approximate surface area is 156 Å². The summed E-state index contributed by atoms with van der Waals surface area (Å²) in [5, 5.41) is 16.1. The van der Waals surface area contributed by atoms with Crippen molar-refractivity contribution in [2.24, 2.45) is 5.10 Å². The Morgan fingerprint density at radius 2 is 2.04 bits per heavy atom. The van der Waals surface area contributed by atoms with Gasteiger partial charge in [-0.25, -0.2) is 5.01 Å². The van der Waals surface area contributed by atoms with Crippen LogP contribution in [0.15, 0.2) is 76.4 Å². The highest BCUT2D eigenvalue weighted by Crippen LogP contribution is 2.36. The summed E-state index contributed by atoms with van der Waals surface area (Å²) in [7, 11) is 1.60. The number of ether oxygens (including phenoxy) is 1. The van der Waals surface area contributed by atoms with Gasteiger partial charge in [0.2, 0.25) is 0 Å². The van der Waals surface area contributed by atoms with E-state index < -0.39 is 0 Å². The lowest BCUT2D eigenvalue weighted by atomic mass is 9.97. The number of aromatic hydroxyl groups is 1. The minimum atomic E-state index is -0.335. The molecule has 0 saturated heterocycles. The van der Waals surface area contributed by atoms with Crippen molar-refractivity contribution in [3.63, 3.8) is 0 Å². The van der Waals surface area contributed by atoms with Gasteiger partial charge in [-0.1, -0.05) is 24.3 Å². The fraction of sp³-hybridized carbons (Fsp3) is 0.143. The molecule has 0 aliphatic carbocycles. The molecule has 0 spiro atoms. The van der Waals surface area contributed by atoms with E-state index in [1.807, 2.05) is 30.3 Å². The second kappa shape index (κ2) is 6.99. The summed E-state index contributed by atoms with van der Waals surface area (Å²) in [6.07, 6.45) is 1.93. The first-order chi connectivity index (χ1) is 13.2. The van der Waals surface area contributed by atoms with Crippen molar-refractivity contribution in [3.8, 4) is 11.5 Å². The number of rotatable bonds is 4. The van der Waals surface area contributed by atoms with Gasteiger partial charge in [0.05, 0.1) is 25.1 Å². The Kier molecular flexibility index (Phi) is 4.38. The number of benzene rings is 2. The number of hydrogen-bond acceptors (Lipinski definition) is 5. The van der Waals surface area contributed by atoms with Crippen molar-refractivity contribution in [3.05, 3.63) is 83.8 Å². The number of furan rings is 1. The standard InChI is InChI=1S/C21H18N2O4/c1-26-15-7-4-6-14(12-15)18-13-17(16-8-2-3-9-19(16)24)22-23(18)21(25)20-10-5-11-27-20/h2-12,18,24H,13H2,1H3. The van der Waals surface area contributed by atoms with Gasteiger partial charge < -0.3 is 14.3 Å². The monoisotopic (exact) mass is 362 g/mol. The predicted octanol–water partition coefficient (Wildman–Crippen LogP) is 3.99. The minimum absolute atomic E-state index is 0.132. The topological polar surface area (TPSA) is 75.3 Å². The Morgan fingerprint density at radius 1 is 1.19 bits per heavy atom. The second-order valence-corrected chi connectivity index (χ2v) is 6.19. The van der Waals surface area contributed by atoms with Crippen LogP contribution in [0.4, 0.5) is 0 Å². The van der Waals surface area contributed by atoms with Crippen LogP contribution >= 0.6 is 0 Å². The summed E-state index contributed by atoms with van der Waals surface area (Å²) >= 11 is 0. The van der Waals surface area contributed by atoms with E-state index in [0.29, 0.717) is 23.4 Å². The van der Waals surface area contributed by atoms with Gasteiger partial charge in [0.1, 0.15) is 11.5 Å². The molecule has 2 aromatic carbocycles. The molecule has 0 saturated carbocycles. The van der Waals surface area contributed by atoms with Gasteiger partial charge in [-0.3, -0.25) is 4.79 Å². The average molecular weight is 362 g/mol. The zero-order valence-corrected chi connectivity index (χ0v) is 14.7. The van der Waals surface area contributed by atoms with E-state index in [9.17, 15) is 9.90 Å². The third kappa shape index (κ3) is 3.17. The molecule has 1 aliphatic heterocycles. The highest BCUT2D eigenvalue weighted by molar-refractivity contribution is 6.06. The molecule has 136 valence electrons. The lowest BCUT2D eigenvalue weighted by Crippen LogP contribution is -2.26. The van der Waals surface area contributed by atoms with Crippen molar-refractivity contribution < 1.29 is 19.1 Å². The molecule has 1 aliphatic rings. The van der Waals surface area contributed by atoms with Crippen LogP contribution in [-0.4, -0.2) is 28.8 Å². The van der Waals surface area contributed by atoms with Crippen LogP contribution in [0.5, 0.6) is 11.5 Å². The van der Waals surface area contributed by atoms with E-state index >= 15 is 0 Å². The Morgan fingerprint density at radius 3 is 2.78 bits per heavy atom. The normalized spacial score (nSPS) is 16.3. The zero-order valence-electron chi connectivity index (χ0n) is 14.7. The van der Waals surface area contributed by atoms with Crippen molar-refractivity contribution in [1.82, 2.24) is 5.01 Å². The molecule has 2 heterocycles. The maximum atomic E-state index is 12.9. The fourth-order valence-corrected chi connectivity index (χ4v) is 3.20. The fourth-order valence-electron chi connectivity index (χ4n) is 3.20. The molecule has 0 radical (unpaired) electrons. The first-order valence-electron chi connectivity index (χ1n) is 8.54. The summed E-state index contributed by atoms with van der Waals surface area (Å²) in [5.41, 5.74) is 2.14. The van der Waals surface area contributed by atoms with Crippen molar-refractivity contribution in [2.45, 2.75) is 12.5 Å². The molecule has 6 nitrogen and oxygen atoms in total. The maximum Gasteiger partial charge on any atom is 0.310 e. The van der Waals surface area contributed by atoms with E-state index in [-0.39, 0.29) is 23.5 Å². The summed E-state index contributed by atoms with van der Waals surface area (Å²) in [6, 6.07) is 17.5. The Balaban J connectivity index is 1.75. The van der Waals surface area contributed by atoms with E-state index in [1.54, 1.807) is 37.4 Å². The lowest BCUT2D eigenvalue weighted by molar-refractivity contribution is 0.0678. The van der Waals surface area contributed by atoms with Gasteiger partial charge >= 0.3 is 5.91 Å². The van der Waals surface area contributed by atoms with E-state index in [4.69, 9.17) is 9.15 Å². The number of amides is 1. The molecule has 1 amide bonds. The molecule has 1 aromatic heterocycles. The van der Waals surface area contributed by atoms with E-state index in [2.05, 4.69) is 5.10 Å². The van der Waals surface area contributed by atoms with Gasteiger partial charge in [0, 0.05) is 12.0 Å². The number of carbonyl (C=O) groups is 1. The van der Waals surface area contributed by atoms with Crippen LogP contribution in [-0.2, 0) is 0 Å². The van der Waals surface area contributed by atoms with Gasteiger partial charge in [-0.2, -0.15) is 5.10 Å². The molecule has 4 rings (SSSR count). The van der Waals surface area contributed by atoms with Crippen LogP contribution in [0.1, 0.15) is 34.1 Å². The second-order valence-electron chi connectivity index (χ2n) is 6.19. The highest BCUT2D eigenvalue weighted by atomic mass is 16.5. The molecule has 0 bridgehead atoms. The molecule has 3 aromatic rings. The number of methoxy groups -OCH3 is 1. The number of hydrazone groups is 1. The molecular weight excluding hydrogens is 344 g/mol. The van der Waals surface area contributed by atoms with Crippen molar-refractivity contribution >= 4 is 11.6 Å². The molecule has 27 heavy (non-hydrogen) atoms. The van der Waals surface area contributed by atoms with Gasteiger partial charge in [-0.15, -0.1) is 0 Å². The molecule has 0 fully saturated rings. The number of carbonyl (C=O) groups excluding carboxylic acids is 1. The number of phenols is 1. The third-order valence-corrected chi connectivity index (χ3v) is 4.54. The average Bonchev–Trinajstić information content (AvgIpc) is 3.38. The third-order valence-electron chi connectivity index (χ3n) is 4.54. The number of para-hydroxylation sites is 1. The van der Waals surface area contributed by atoms with Crippen LogP contribution in [0.2, 0.25) is 0 Å². The summed E-state index contributed by atoms with van der Waals surface area (Å²) in [6.45, 7) is 0. The van der Waals surface area contributed by atoms with Crippen LogP contribution in [0.25, 0.3) is 0 Å². The molecule has 1 atom stereocenters. The van der Waals surface area contributed by atoms with Gasteiger partial charge in [-0.05, 0) is 42.0 Å². The van der Waals surface area contributed by atoms with Crippen molar-refractivity contribution in [2.75, 3.05) is 7.11 Å². The highest BCUT2D eigenvalue weighted by Gasteiger charge is 2.35. The smallest absolute Gasteiger partial charge is 0.310 e. The van der Waals surface area contributed by atoms with Crippen LogP contribution in [0.3, 0.4) is 0 Å². The molecule has 1 N–H and O–H groups in total.